The van der Waals surface area contributed by atoms with E-state index in [1.54, 1.807) is 0 Å². The van der Waals surface area contributed by atoms with Crippen LogP contribution in [-0.4, -0.2) is 10.3 Å². The van der Waals surface area contributed by atoms with Crippen LogP contribution in [0, 0.1) is 5.62 Å². The maximum atomic E-state index is 6.55. The SMILES string of the molecule is CC(C)(C)[P+]([CH-]Cl)(c1cccc(-c2ccccc2)c1)C(C)(C)C.[Pd]. The molecule has 24 heavy (non-hydrogen) atoms. The maximum Gasteiger partial charge on any atom is 0.0675 e. The van der Waals surface area contributed by atoms with Crippen LogP contribution < -0.4 is 5.30 Å². The van der Waals surface area contributed by atoms with E-state index in [-0.39, 0.29) is 30.7 Å². The zero-order valence-electron chi connectivity index (χ0n) is 15.4. The fraction of sp³-hybridized carbons (Fsp3) is 0.381. The predicted octanol–water partition coefficient (Wildman–Crippen LogP) is 6.95. The molecule has 0 fully saturated rings. The monoisotopic (exact) mass is 452 g/mol. The second-order valence-corrected chi connectivity index (χ2v) is 13.5. The average Bonchev–Trinajstić information content (AvgIpc) is 2.47. The Bertz CT molecular complexity index is 640. The molecule has 0 aliphatic heterocycles. The summed E-state index contributed by atoms with van der Waals surface area (Å²) in [5.74, 6) is 0. The van der Waals surface area contributed by atoms with E-state index < -0.39 is 7.26 Å². The molecule has 0 aliphatic rings. The summed E-state index contributed by atoms with van der Waals surface area (Å²) in [5.41, 5.74) is 4.52. The molecule has 0 bridgehead atoms. The van der Waals surface area contributed by atoms with E-state index in [9.17, 15) is 0 Å². The molecule has 3 heteroatoms. The van der Waals surface area contributed by atoms with Gasteiger partial charge in [0, 0.05) is 20.4 Å². The molecular formula is C21H28ClPPd. The van der Waals surface area contributed by atoms with Crippen LogP contribution in [0.3, 0.4) is 0 Å². The topological polar surface area (TPSA) is 0 Å². The van der Waals surface area contributed by atoms with Crippen molar-refractivity contribution in [2.75, 3.05) is 0 Å². The molecule has 0 saturated carbocycles. The van der Waals surface area contributed by atoms with Crippen LogP contribution in [0.5, 0.6) is 0 Å². The van der Waals surface area contributed by atoms with Gasteiger partial charge in [-0.1, -0.05) is 55.3 Å². The summed E-state index contributed by atoms with van der Waals surface area (Å²) in [7, 11) is -1.70. The normalized spacial score (nSPS) is 12.6. The van der Waals surface area contributed by atoms with Crippen LogP contribution in [0.25, 0.3) is 11.1 Å². The summed E-state index contributed by atoms with van der Waals surface area (Å²) in [6, 6.07) is 19.5. The largest absolute Gasteiger partial charge is 0.304 e. The van der Waals surface area contributed by atoms with Crippen molar-refractivity contribution >= 4 is 24.2 Å². The Labute approximate surface area is 167 Å². The molecule has 0 saturated heterocycles. The van der Waals surface area contributed by atoms with Gasteiger partial charge in [0.05, 0.1) is 15.6 Å². The predicted molar refractivity (Wildman–Crippen MR) is 108 cm³/mol. The molecule has 0 heterocycles. The number of benzene rings is 2. The van der Waals surface area contributed by atoms with Crippen LogP contribution in [0.2, 0.25) is 0 Å². The molecule has 0 unspecified atom stereocenters. The van der Waals surface area contributed by atoms with Gasteiger partial charge < -0.3 is 11.6 Å². The van der Waals surface area contributed by atoms with Crippen molar-refractivity contribution < 1.29 is 20.4 Å². The van der Waals surface area contributed by atoms with E-state index in [1.165, 1.54) is 16.4 Å². The number of hydrogen-bond donors (Lipinski definition) is 0. The molecular weight excluding hydrogens is 425 g/mol. The second kappa shape index (κ2) is 8.02. The third-order valence-electron chi connectivity index (χ3n) is 4.62. The van der Waals surface area contributed by atoms with Gasteiger partial charge in [-0.05, 0) is 64.8 Å². The summed E-state index contributed by atoms with van der Waals surface area (Å²) < 4.78 is 0. The van der Waals surface area contributed by atoms with Crippen molar-refractivity contribution in [3.63, 3.8) is 0 Å². The van der Waals surface area contributed by atoms with Crippen molar-refractivity contribution in [3.8, 4) is 11.1 Å². The molecule has 2 aromatic carbocycles. The van der Waals surface area contributed by atoms with Gasteiger partial charge in [-0.15, -0.1) is 0 Å². The Morgan fingerprint density at radius 1 is 0.750 bits per heavy atom. The molecule has 0 aliphatic carbocycles. The van der Waals surface area contributed by atoms with E-state index in [1.807, 2.05) is 5.62 Å². The number of hydrogen-bond acceptors (Lipinski definition) is 0. The van der Waals surface area contributed by atoms with Crippen LogP contribution in [0.1, 0.15) is 41.5 Å². The van der Waals surface area contributed by atoms with E-state index >= 15 is 0 Å². The third-order valence-corrected chi connectivity index (χ3v) is 11.1. The molecule has 0 nitrogen and oxygen atoms in total. The van der Waals surface area contributed by atoms with E-state index in [0.29, 0.717) is 0 Å². The Hall–Kier alpha value is -0.178. The van der Waals surface area contributed by atoms with E-state index in [4.69, 9.17) is 11.6 Å². The van der Waals surface area contributed by atoms with Gasteiger partial charge in [0.15, 0.2) is 0 Å². The van der Waals surface area contributed by atoms with Crippen LogP contribution in [0.15, 0.2) is 54.6 Å². The Morgan fingerprint density at radius 3 is 1.71 bits per heavy atom. The van der Waals surface area contributed by atoms with Gasteiger partial charge in [0.2, 0.25) is 0 Å². The molecule has 0 N–H and O–H groups in total. The Balaban J connectivity index is 0.00000288. The minimum atomic E-state index is -1.70. The Kier molecular flexibility index (Phi) is 7.30. The van der Waals surface area contributed by atoms with Gasteiger partial charge in [0.1, 0.15) is 0 Å². The first kappa shape index (κ1) is 21.9. The van der Waals surface area contributed by atoms with Gasteiger partial charge in [-0.3, -0.25) is 0 Å². The quantitative estimate of drug-likeness (QED) is 0.268. The van der Waals surface area contributed by atoms with Crippen molar-refractivity contribution in [1.29, 1.82) is 0 Å². The smallest absolute Gasteiger partial charge is 0.0675 e. The minimum absolute atomic E-state index is 0. The molecule has 2 aromatic rings. The maximum absolute atomic E-state index is 6.55. The first-order valence-electron chi connectivity index (χ1n) is 8.13. The Morgan fingerprint density at radius 2 is 1.25 bits per heavy atom. The molecule has 0 radical (unpaired) electrons. The summed E-state index contributed by atoms with van der Waals surface area (Å²) in [6.45, 7) is 13.9. The van der Waals surface area contributed by atoms with Crippen molar-refractivity contribution in [1.82, 2.24) is 0 Å². The molecule has 0 aromatic heterocycles. The number of halogens is 1. The zero-order valence-corrected chi connectivity index (χ0v) is 18.6. The van der Waals surface area contributed by atoms with Crippen LogP contribution in [-0.2, 0) is 20.4 Å². The number of rotatable bonds is 3. The zero-order chi connectivity index (χ0) is 17.3. The molecule has 0 atom stereocenters. The van der Waals surface area contributed by atoms with E-state index in [0.717, 1.165) is 0 Å². The standard InChI is InChI=1S/C21H28ClP.Pd/c1-20(2,3)23(16-22,21(4,5)6)19-14-10-13-18(15-19)17-11-8-7-9-12-17;/h7-16H,1-6H3;. The third kappa shape index (κ3) is 3.97. The van der Waals surface area contributed by atoms with E-state index in [2.05, 4.69) is 96.1 Å². The first-order valence-corrected chi connectivity index (χ1v) is 10.4. The fourth-order valence-electron chi connectivity index (χ4n) is 3.67. The van der Waals surface area contributed by atoms with Crippen LogP contribution >= 0.6 is 18.9 Å². The second-order valence-electron chi connectivity index (χ2n) is 8.08. The van der Waals surface area contributed by atoms with Crippen LogP contribution in [0.4, 0.5) is 0 Å². The fourth-order valence-corrected chi connectivity index (χ4v) is 10.7. The molecule has 0 amide bonds. The van der Waals surface area contributed by atoms with Gasteiger partial charge in [0.25, 0.3) is 0 Å². The average molecular weight is 453 g/mol. The summed E-state index contributed by atoms with van der Waals surface area (Å²) in [4.78, 5) is 0. The van der Waals surface area contributed by atoms with Gasteiger partial charge >= 0.3 is 0 Å². The first-order chi connectivity index (χ1) is 10.6. The summed E-state index contributed by atoms with van der Waals surface area (Å²) in [5, 5.41) is 1.61. The molecule has 0 spiro atoms. The van der Waals surface area contributed by atoms with Gasteiger partial charge in [-0.25, -0.2) is 0 Å². The summed E-state index contributed by atoms with van der Waals surface area (Å²) in [6.07, 6.45) is 0. The van der Waals surface area contributed by atoms with Crippen molar-refractivity contribution in [2.45, 2.75) is 51.9 Å². The van der Waals surface area contributed by atoms with Crippen molar-refractivity contribution in [3.05, 3.63) is 60.2 Å². The molecule has 2 rings (SSSR count). The minimum Gasteiger partial charge on any atom is -0.304 e. The van der Waals surface area contributed by atoms with Crippen molar-refractivity contribution in [2.24, 2.45) is 0 Å². The summed E-state index contributed by atoms with van der Waals surface area (Å²) >= 11 is 6.55. The molecule has 134 valence electrons. The van der Waals surface area contributed by atoms with Gasteiger partial charge in [-0.2, -0.15) is 0 Å².